The molecule has 0 bridgehead atoms. The average molecular weight is 657 g/mol. The fourth-order valence-corrected chi connectivity index (χ4v) is 12.5. The molecule has 2 amide bonds. The van der Waals surface area contributed by atoms with Gasteiger partial charge in [-0.1, -0.05) is 62.3 Å². The molecule has 6 rings (SSSR count). The fraction of sp³-hybridized carbons (Fsp3) is 0.474. The Kier molecular flexibility index (Phi) is 9.51. The Morgan fingerprint density at radius 2 is 1.66 bits per heavy atom. The van der Waals surface area contributed by atoms with Crippen molar-refractivity contribution in [3.8, 4) is 11.5 Å². The van der Waals surface area contributed by atoms with E-state index in [0.717, 1.165) is 53.9 Å². The number of carbonyl (C=O) groups excluding carboxylic acids is 2. The van der Waals surface area contributed by atoms with Crippen LogP contribution in [0.15, 0.2) is 66.7 Å². The van der Waals surface area contributed by atoms with E-state index in [1.165, 1.54) is 5.19 Å². The van der Waals surface area contributed by atoms with Crippen LogP contribution in [0, 0.1) is 5.92 Å². The van der Waals surface area contributed by atoms with E-state index >= 15 is 0 Å². The second kappa shape index (κ2) is 13.5. The van der Waals surface area contributed by atoms with Crippen LogP contribution in [0.1, 0.15) is 56.6 Å². The molecule has 2 saturated heterocycles. The molecule has 3 aromatic carbocycles. The second-order valence-electron chi connectivity index (χ2n) is 13.8. The molecule has 3 aliphatic rings. The Labute approximate surface area is 279 Å². The van der Waals surface area contributed by atoms with Crippen molar-refractivity contribution in [3.63, 3.8) is 0 Å². The van der Waals surface area contributed by atoms with Gasteiger partial charge < -0.3 is 29.1 Å². The summed E-state index contributed by atoms with van der Waals surface area (Å²) < 4.78 is 18.1. The number of fused-ring (bicyclic) bond motifs is 2. The summed E-state index contributed by atoms with van der Waals surface area (Å²) in [5, 5.41) is 11.5. The zero-order chi connectivity index (χ0) is 33.3. The SMILES string of the molecule is COc1ccc([Si](C)(C)[C@@H]2[C@@H](CCO)O[C@]3(C(=O)N(Cc4cccc(N5CCCCCCC5=O)c4)c4ccc(OC)cc43)[C@H]2C)cc1. The van der Waals surface area contributed by atoms with Crippen molar-refractivity contribution in [3.05, 3.63) is 77.9 Å². The van der Waals surface area contributed by atoms with Crippen molar-refractivity contribution in [2.45, 2.75) is 82.3 Å². The van der Waals surface area contributed by atoms with Crippen LogP contribution < -0.4 is 24.5 Å². The van der Waals surface area contributed by atoms with Gasteiger partial charge in [-0.05, 0) is 72.8 Å². The number of anilines is 2. The molecule has 3 aromatic rings. The maximum atomic E-state index is 15.0. The average Bonchev–Trinajstić information content (AvgIpc) is 3.49. The number of methoxy groups -OCH3 is 2. The van der Waals surface area contributed by atoms with Crippen LogP contribution in [-0.2, 0) is 26.5 Å². The van der Waals surface area contributed by atoms with Crippen molar-refractivity contribution < 1.29 is 28.9 Å². The van der Waals surface area contributed by atoms with Gasteiger partial charge in [0.2, 0.25) is 5.91 Å². The summed E-state index contributed by atoms with van der Waals surface area (Å²) in [5.41, 5.74) is 2.28. The normalized spacial score (nSPS) is 24.8. The van der Waals surface area contributed by atoms with Crippen molar-refractivity contribution in [1.29, 1.82) is 0 Å². The highest BCUT2D eigenvalue weighted by atomic mass is 28.3. The third-order valence-corrected chi connectivity index (χ3v) is 15.2. The van der Waals surface area contributed by atoms with Crippen molar-refractivity contribution in [2.24, 2.45) is 5.92 Å². The molecule has 250 valence electrons. The monoisotopic (exact) mass is 656 g/mol. The molecular formula is C38H48N2O6Si. The molecule has 2 fully saturated rings. The van der Waals surface area contributed by atoms with Crippen LogP contribution >= 0.6 is 0 Å². The molecule has 8 nitrogen and oxygen atoms in total. The maximum absolute atomic E-state index is 15.0. The third kappa shape index (κ3) is 5.87. The third-order valence-electron chi connectivity index (χ3n) is 10.8. The van der Waals surface area contributed by atoms with Crippen LogP contribution in [0.3, 0.4) is 0 Å². The van der Waals surface area contributed by atoms with Crippen LogP contribution in [0.5, 0.6) is 11.5 Å². The van der Waals surface area contributed by atoms with Gasteiger partial charge in [0, 0.05) is 36.7 Å². The van der Waals surface area contributed by atoms with Crippen molar-refractivity contribution in [2.75, 3.05) is 37.2 Å². The molecular weight excluding hydrogens is 609 g/mol. The number of hydrogen-bond donors (Lipinski definition) is 1. The highest BCUT2D eigenvalue weighted by Crippen LogP contribution is 2.60. The summed E-state index contributed by atoms with van der Waals surface area (Å²) in [6.45, 7) is 7.86. The smallest absolute Gasteiger partial charge is 0.264 e. The molecule has 4 atom stereocenters. The first-order valence-corrected chi connectivity index (χ1v) is 20.1. The molecule has 0 aromatic heterocycles. The van der Waals surface area contributed by atoms with E-state index < -0.39 is 13.7 Å². The summed E-state index contributed by atoms with van der Waals surface area (Å²) in [7, 11) is 1.02. The predicted octanol–water partition coefficient (Wildman–Crippen LogP) is 6.15. The molecule has 3 heterocycles. The number of ether oxygens (including phenoxy) is 3. The minimum Gasteiger partial charge on any atom is -0.497 e. The second-order valence-corrected chi connectivity index (χ2v) is 18.5. The molecule has 9 heteroatoms. The van der Waals surface area contributed by atoms with Gasteiger partial charge in [-0.15, -0.1) is 0 Å². The number of amides is 2. The van der Waals surface area contributed by atoms with Gasteiger partial charge in [0.25, 0.3) is 5.91 Å². The van der Waals surface area contributed by atoms with Crippen LogP contribution in [0.25, 0.3) is 0 Å². The number of carbonyl (C=O) groups is 2. The molecule has 0 aliphatic carbocycles. The van der Waals surface area contributed by atoms with Crippen LogP contribution in [0.2, 0.25) is 18.6 Å². The number of hydrogen-bond acceptors (Lipinski definition) is 6. The highest BCUT2D eigenvalue weighted by Gasteiger charge is 2.66. The lowest BCUT2D eigenvalue weighted by Gasteiger charge is -2.37. The lowest BCUT2D eigenvalue weighted by atomic mass is 9.82. The summed E-state index contributed by atoms with van der Waals surface area (Å²) in [6.07, 6.45) is 4.85. The number of aliphatic hydroxyl groups excluding tert-OH is 1. The Morgan fingerprint density at radius 1 is 0.936 bits per heavy atom. The lowest BCUT2D eigenvalue weighted by molar-refractivity contribution is -0.146. The number of nitrogens with zero attached hydrogens (tertiary/aromatic N) is 2. The molecule has 0 unspecified atom stereocenters. The number of aliphatic hydroxyl groups is 1. The van der Waals surface area contributed by atoms with E-state index in [1.807, 2.05) is 58.3 Å². The standard InChI is InChI=1S/C38H48N2O6Si/c1-26-36(47(4,5)31-17-14-29(44-2)15-18-31)34(20-22-41)46-38(26)32-24-30(45-3)16-19-33(32)40(37(38)43)25-27-11-10-12-28(23-27)39-21-9-7-6-8-13-35(39)42/h10-12,14-19,23-24,26,34,36,41H,6-9,13,20-22,25H2,1-5H3/t26-,34+,36-,38+/m0/s1. The van der Waals surface area contributed by atoms with Crippen molar-refractivity contribution in [1.82, 2.24) is 0 Å². The summed E-state index contributed by atoms with van der Waals surface area (Å²) in [5.74, 6) is 1.37. The molecule has 3 aliphatic heterocycles. The first-order valence-electron chi connectivity index (χ1n) is 17.0. The van der Waals surface area contributed by atoms with E-state index in [-0.39, 0.29) is 36.0 Å². The van der Waals surface area contributed by atoms with E-state index in [0.29, 0.717) is 31.7 Å². The van der Waals surface area contributed by atoms with Gasteiger partial charge in [0.15, 0.2) is 5.60 Å². The molecule has 1 spiro atoms. The van der Waals surface area contributed by atoms with E-state index in [9.17, 15) is 14.7 Å². The van der Waals surface area contributed by atoms with Gasteiger partial charge in [-0.25, -0.2) is 0 Å². The van der Waals surface area contributed by atoms with Gasteiger partial charge >= 0.3 is 0 Å². The predicted molar refractivity (Wildman–Crippen MR) is 187 cm³/mol. The highest BCUT2D eigenvalue weighted by molar-refractivity contribution is 6.91. The first-order chi connectivity index (χ1) is 22.6. The molecule has 1 N–H and O–H groups in total. The Bertz CT molecular complexity index is 1610. The van der Waals surface area contributed by atoms with Gasteiger partial charge in [-0.3, -0.25) is 9.59 Å². The number of rotatable bonds is 9. The Morgan fingerprint density at radius 3 is 2.38 bits per heavy atom. The van der Waals surface area contributed by atoms with Gasteiger partial charge in [0.1, 0.15) is 11.5 Å². The van der Waals surface area contributed by atoms with Gasteiger partial charge in [0.05, 0.1) is 40.6 Å². The topological polar surface area (TPSA) is 88.5 Å². The zero-order valence-electron chi connectivity index (χ0n) is 28.3. The lowest BCUT2D eigenvalue weighted by Crippen LogP contribution is -2.51. The fourth-order valence-electron chi connectivity index (χ4n) is 8.41. The molecule has 0 radical (unpaired) electrons. The quantitative estimate of drug-likeness (QED) is 0.278. The maximum Gasteiger partial charge on any atom is 0.264 e. The molecule has 0 saturated carbocycles. The Hall–Kier alpha value is -3.66. The van der Waals surface area contributed by atoms with E-state index in [1.54, 1.807) is 14.2 Å². The van der Waals surface area contributed by atoms with E-state index in [2.05, 4.69) is 38.2 Å². The minimum atomic E-state index is -2.28. The van der Waals surface area contributed by atoms with E-state index in [4.69, 9.17) is 14.2 Å². The molecule has 47 heavy (non-hydrogen) atoms. The first kappa shape index (κ1) is 33.2. The summed E-state index contributed by atoms with van der Waals surface area (Å²) in [4.78, 5) is 31.8. The van der Waals surface area contributed by atoms with Crippen LogP contribution in [0.4, 0.5) is 11.4 Å². The largest absolute Gasteiger partial charge is 0.497 e. The Balaban J connectivity index is 1.38. The number of benzene rings is 3. The minimum absolute atomic E-state index is 0.0258. The van der Waals surface area contributed by atoms with Crippen molar-refractivity contribution >= 4 is 36.4 Å². The summed E-state index contributed by atoms with van der Waals surface area (Å²) >= 11 is 0. The van der Waals surface area contributed by atoms with Gasteiger partial charge in [-0.2, -0.15) is 0 Å². The summed E-state index contributed by atoms with van der Waals surface area (Å²) in [6, 6.07) is 22.1. The van der Waals surface area contributed by atoms with Crippen LogP contribution in [-0.4, -0.2) is 58.5 Å². The zero-order valence-corrected chi connectivity index (χ0v) is 29.3.